The van der Waals surface area contributed by atoms with Gasteiger partial charge in [-0.05, 0) is 34.1 Å². The fourth-order valence-electron chi connectivity index (χ4n) is 1.39. The molecule has 0 aliphatic rings. The van der Waals surface area contributed by atoms with Crippen LogP contribution in [-0.2, 0) is 6.54 Å². The number of aromatic nitrogens is 1. The molecule has 0 fully saturated rings. The summed E-state index contributed by atoms with van der Waals surface area (Å²) in [4.78, 5) is 7.64. The number of rotatable bonds is 4. The van der Waals surface area contributed by atoms with Crippen molar-refractivity contribution < 1.29 is 0 Å². The largest absolute Gasteiger partial charge is 0.379 e. The van der Waals surface area contributed by atoms with Crippen LogP contribution >= 0.6 is 27.3 Å². The molecule has 0 radical (unpaired) electrons. The van der Waals surface area contributed by atoms with Crippen molar-refractivity contribution in [1.82, 2.24) is 4.98 Å². The molecule has 0 aromatic carbocycles. The standard InChI is InChI=1S/C12H14BrN3S/c1-16(2)12-4-3-10(6-15-12)14-7-11-5-9(13)8-17-11/h3-6,8,14H,7H2,1-2H3. The number of hydrogen-bond acceptors (Lipinski definition) is 4. The van der Waals surface area contributed by atoms with Gasteiger partial charge in [0.2, 0.25) is 0 Å². The summed E-state index contributed by atoms with van der Waals surface area (Å²) in [6, 6.07) is 6.18. The van der Waals surface area contributed by atoms with Gasteiger partial charge in [0, 0.05) is 35.4 Å². The number of anilines is 2. The first-order chi connectivity index (χ1) is 8.15. The van der Waals surface area contributed by atoms with Crippen LogP contribution in [0.3, 0.4) is 0 Å². The molecule has 0 aliphatic carbocycles. The summed E-state index contributed by atoms with van der Waals surface area (Å²) >= 11 is 5.19. The molecule has 90 valence electrons. The smallest absolute Gasteiger partial charge is 0.128 e. The Morgan fingerprint density at radius 2 is 2.24 bits per heavy atom. The average Bonchev–Trinajstić information content (AvgIpc) is 2.73. The molecule has 2 aromatic heterocycles. The Hall–Kier alpha value is -1.07. The highest BCUT2D eigenvalue weighted by atomic mass is 79.9. The van der Waals surface area contributed by atoms with Gasteiger partial charge >= 0.3 is 0 Å². The van der Waals surface area contributed by atoms with E-state index < -0.39 is 0 Å². The van der Waals surface area contributed by atoms with Crippen molar-refractivity contribution in [2.45, 2.75) is 6.54 Å². The van der Waals surface area contributed by atoms with Crippen LogP contribution in [0.1, 0.15) is 4.88 Å². The van der Waals surface area contributed by atoms with Crippen LogP contribution < -0.4 is 10.2 Å². The zero-order valence-corrected chi connectivity index (χ0v) is 12.2. The topological polar surface area (TPSA) is 28.2 Å². The molecule has 0 bridgehead atoms. The first-order valence-corrected chi connectivity index (χ1v) is 6.92. The second kappa shape index (κ2) is 5.51. The van der Waals surface area contributed by atoms with E-state index in [-0.39, 0.29) is 0 Å². The summed E-state index contributed by atoms with van der Waals surface area (Å²) in [6.45, 7) is 0.833. The first kappa shape index (κ1) is 12.4. The zero-order valence-electron chi connectivity index (χ0n) is 9.77. The number of hydrogen-bond donors (Lipinski definition) is 1. The molecular weight excluding hydrogens is 298 g/mol. The highest BCUT2D eigenvalue weighted by molar-refractivity contribution is 9.10. The second-order valence-corrected chi connectivity index (χ2v) is 5.80. The molecule has 0 saturated heterocycles. The molecular formula is C12H14BrN3S. The van der Waals surface area contributed by atoms with Crippen molar-refractivity contribution in [2.75, 3.05) is 24.3 Å². The second-order valence-electron chi connectivity index (χ2n) is 3.88. The molecule has 0 aliphatic heterocycles. The van der Waals surface area contributed by atoms with Crippen molar-refractivity contribution in [3.05, 3.63) is 39.1 Å². The minimum atomic E-state index is 0.833. The number of thiophene rings is 1. The van der Waals surface area contributed by atoms with E-state index in [4.69, 9.17) is 0 Å². The number of halogens is 1. The van der Waals surface area contributed by atoms with Crippen molar-refractivity contribution in [3.8, 4) is 0 Å². The molecule has 1 N–H and O–H groups in total. The van der Waals surface area contributed by atoms with Crippen LogP contribution in [-0.4, -0.2) is 19.1 Å². The van der Waals surface area contributed by atoms with Crippen LogP contribution in [0.5, 0.6) is 0 Å². The van der Waals surface area contributed by atoms with E-state index in [0.717, 1.165) is 22.5 Å². The van der Waals surface area contributed by atoms with E-state index in [9.17, 15) is 0 Å². The fraction of sp³-hybridized carbons (Fsp3) is 0.250. The minimum Gasteiger partial charge on any atom is -0.379 e. The first-order valence-electron chi connectivity index (χ1n) is 5.25. The normalized spacial score (nSPS) is 10.3. The lowest BCUT2D eigenvalue weighted by molar-refractivity contribution is 1.06. The van der Waals surface area contributed by atoms with Crippen LogP contribution in [0, 0.1) is 0 Å². The van der Waals surface area contributed by atoms with Gasteiger partial charge in [-0.25, -0.2) is 4.98 Å². The maximum atomic E-state index is 4.35. The molecule has 2 rings (SSSR count). The monoisotopic (exact) mass is 311 g/mol. The maximum absolute atomic E-state index is 4.35. The van der Waals surface area contributed by atoms with E-state index in [1.807, 2.05) is 37.3 Å². The SMILES string of the molecule is CN(C)c1ccc(NCc2cc(Br)cs2)cn1. The maximum Gasteiger partial charge on any atom is 0.128 e. The predicted molar refractivity (Wildman–Crippen MR) is 77.9 cm³/mol. The zero-order chi connectivity index (χ0) is 12.3. The van der Waals surface area contributed by atoms with E-state index >= 15 is 0 Å². The van der Waals surface area contributed by atoms with Gasteiger partial charge in [-0.15, -0.1) is 11.3 Å². The molecule has 2 heterocycles. The van der Waals surface area contributed by atoms with Crippen LogP contribution in [0.4, 0.5) is 11.5 Å². The number of nitrogens with zero attached hydrogens (tertiary/aromatic N) is 2. The summed E-state index contributed by atoms with van der Waals surface area (Å²) in [7, 11) is 3.97. The van der Waals surface area contributed by atoms with Crippen molar-refractivity contribution >= 4 is 38.8 Å². The molecule has 0 atom stereocenters. The Bertz CT molecular complexity index is 479. The fourth-order valence-corrected chi connectivity index (χ4v) is 2.78. The van der Waals surface area contributed by atoms with E-state index in [2.05, 4.69) is 37.7 Å². The lowest BCUT2D eigenvalue weighted by atomic mass is 10.3. The van der Waals surface area contributed by atoms with Crippen LogP contribution in [0.15, 0.2) is 34.2 Å². The Labute approximate surface area is 114 Å². The lowest BCUT2D eigenvalue weighted by Crippen LogP contribution is -2.10. The summed E-state index contributed by atoms with van der Waals surface area (Å²) in [6.07, 6.45) is 1.86. The van der Waals surface area contributed by atoms with Crippen LogP contribution in [0.25, 0.3) is 0 Å². The molecule has 17 heavy (non-hydrogen) atoms. The van der Waals surface area contributed by atoms with Crippen molar-refractivity contribution in [2.24, 2.45) is 0 Å². The summed E-state index contributed by atoms with van der Waals surface area (Å²) in [5.74, 6) is 0.967. The van der Waals surface area contributed by atoms with Gasteiger partial charge < -0.3 is 10.2 Å². The highest BCUT2D eigenvalue weighted by Gasteiger charge is 1.99. The molecule has 0 saturated carbocycles. The number of nitrogens with one attached hydrogen (secondary N) is 1. The third-order valence-electron chi connectivity index (χ3n) is 2.29. The van der Waals surface area contributed by atoms with Gasteiger partial charge in [-0.2, -0.15) is 0 Å². The minimum absolute atomic E-state index is 0.833. The van der Waals surface area contributed by atoms with Gasteiger partial charge in [0.05, 0.1) is 11.9 Å². The van der Waals surface area contributed by atoms with Gasteiger partial charge in [0.25, 0.3) is 0 Å². The summed E-state index contributed by atoms with van der Waals surface area (Å²) in [5, 5.41) is 5.44. The Kier molecular flexibility index (Phi) is 4.02. The van der Waals surface area contributed by atoms with E-state index in [1.54, 1.807) is 11.3 Å². The third kappa shape index (κ3) is 3.44. The van der Waals surface area contributed by atoms with E-state index in [0.29, 0.717) is 0 Å². The molecule has 2 aromatic rings. The van der Waals surface area contributed by atoms with Gasteiger partial charge in [0.15, 0.2) is 0 Å². The lowest BCUT2D eigenvalue weighted by Gasteiger charge is -2.11. The predicted octanol–water partition coefficient (Wildman–Crippen LogP) is 3.58. The molecule has 0 amide bonds. The van der Waals surface area contributed by atoms with Gasteiger partial charge in [0.1, 0.15) is 5.82 Å². The van der Waals surface area contributed by atoms with Crippen LogP contribution in [0.2, 0.25) is 0 Å². The van der Waals surface area contributed by atoms with Crippen molar-refractivity contribution in [1.29, 1.82) is 0 Å². The summed E-state index contributed by atoms with van der Waals surface area (Å²) in [5.41, 5.74) is 1.04. The highest BCUT2D eigenvalue weighted by Crippen LogP contribution is 2.21. The quantitative estimate of drug-likeness (QED) is 0.935. The number of pyridine rings is 1. The Morgan fingerprint density at radius 1 is 1.41 bits per heavy atom. The average molecular weight is 312 g/mol. The molecule has 5 heteroatoms. The third-order valence-corrected chi connectivity index (χ3v) is 3.99. The molecule has 3 nitrogen and oxygen atoms in total. The molecule has 0 unspecified atom stereocenters. The molecule has 0 spiro atoms. The summed E-state index contributed by atoms with van der Waals surface area (Å²) < 4.78 is 1.14. The Morgan fingerprint density at radius 3 is 2.76 bits per heavy atom. The van der Waals surface area contributed by atoms with Crippen molar-refractivity contribution in [3.63, 3.8) is 0 Å². The van der Waals surface area contributed by atoms with E-state index in [1.165, 1.54) is 4.88 Å². The van der Waals surface area contributed by atoms with Gasteiger partial charge in [-0.1, -0.05) is 0 Å². The van der Waals surface area contributed by atoms with Gasteiger partial charge in [-0.3, -0.25) is 0 Å². The Balaban J connectivity index is 1.95.